The number of nitrogens with zero attached hydrogens (tertiary/aromatic N) is 2. The van der Waals surface area contributed by atoms with Gasteiger partial charge in [-0.3, -0.25) is 9.78 Å². The van der Waals surface area contributed by atoms with Gasteiger partial charge in [-0.15, -0.1) is 0 Å². The van der Waals surface area contributed by atoms with Crippen molar-refractivity contribution in [2.24, 2.45) is 0 Å². The van der Waals surface area contributed by atoms with Gasteiger partial charge in [-0.2, -0.15) is 0 Å². The number of nitrogens with one attached hydrogen (secondary N) is 1. The summed E-state index contributed by atoms with van der Waals surface area (Å²) in [6.07, 6.45) is 1.66. The number of carbonyl (C=O) groups is 3. The molecule has 0 bridgehead atoms. The van der Waals surface area contributed by atoms with Crippen LogP contribution < -0.4 is 5.32 Å². The Hall–Kier alpha value is -2.44. The molecule has 0 spiro atoms. The van der Waals surface area contributed by atoms with Crippen LogP contribution in [0.2, 0.25) is 0 Å². The molecule has 1 saturated heterocycles. The van der Waals surface area contributed by atoms with Crippen LogP contribution in [0, 0.1) is 0 Å². The maximum absolute atomic E-state index is 12.5. The van der Waals surface area contributed by atoms with E-state index in [1.54, 1.807) is 25.1 Å². The second-order valence-corrected chi connectivity index (χ2v) is 4.71. The fourth-order valence-corrected chi connectivity index (χ4v) is 2.24. The Balaban J connectivity index is 2.41. The molecule has 0 saturated carbocycles. The van der Waals surface area contributed by atoms with Crippen LogP contribution in [-0.4, -0.2) is 38.9 Å². The van der Waals surface area contributed by atoms with Crippen LogP contribution in [0.3, 0.4) is 0 Å². The smallest absolute Gasteiger partial charge is 0.326 e. The van der Waals surface area contributed by atoms with Gasteiger partial charge in [-0.25, -0.2) is 14.5 Å². The Morgan fingerprint density at radius 1 is 1.50 bits per heavy atom. The van der Waals surface area contributed by atoms with Gasteiger partial charge < -0.3 is 10.4 Å². The molecule has 1 aromatic rings. The molecule has 1 fully saturated rings. The van der Waals surface area contributed by atoms with Gasteiger partial charge in [-0.1, -0.05) is 13.0 Å². The molecule has 20 heavy (non-hydrogen) atoms. The summed E-state index contributed by atoms with van der Waals surface area (Å²) in [5.41, 5.74) is -0.956. The SMILES string of the molecule is CCC(C(=O)O)N1C(=O)NC(C)(c2ccccn2)C1=O. The molecule has 7 heteroatoms. The van der Waals surface area contributed by atoms with Crippen LogP contribution in [-0.2, 0) is 15.1 Å². The maximum atomic E-state index is 12.5. The van der Waals surface area contributed by atoms with Gasteiger partial charge in [0, 0.05) is 6.20 Å². The molecule has 0 radical (unpaired) electrons. The van der Waals surface area contributed by atoms with Gasteiger partial charge in [0.2, 0.25) is 0 Å². The third kappa shape index (κ3) is 2.01. The Kier molecular flexibility index (Phi) is 3.44. The van der Waals surface area contributed by atoms with Crippen LogP contribution in [0.4, 0.5) is 4.79 Å². The molecule has 2 rings (SSSR count). The van der Waals surface area contributed by atoms with Crippen LogP contribution in [0.25, 0.3) is 0 Å². The van der Waals surface area contributed by atoms with E-state index in [0.717, 1.165) is 4.90 Å². The lowest BCUT2D eigenvalue weighted by molar-refractivity contribution is -0.148. The first-order valence-electron chi connectivity index (χ1n) is 6.22. The highest BCUT2D eigenvalue weighted by atomic mass is 16.4. The van der Waals surface area contributed by atoms with Crippen molar-refractivity contribution >= 4 is 17.9 Å². The van der Waals surface area contributed by atoms with Crippen LogP contribution in [0.1, 0.15) is 26.0 Å². The largest absolute Gasteiger partial charge is 0.480 e. The molecule has 2 N–H and O–H groups in total. The van der Waals surface area contributed by atoms with Crippen molar-refractivity contribution in [2.75, 3.05) is 0 Å². The standard InChI is InChI=1S/C13H15N3O4/c1-3-8(10(17)18)16-11(19)13(2,15-12(16)20)9-6-4-5-7-14-9/h4-8H,3H2,1-2H3,(H,15,20)(H,17,18). The maximum Gasteiger partial charge on any atom is 0.326 e. The second kappa shape index (κ2) is 4.92. The Morgan fingerprint density at radius 2 is 2.20 bits per heavy atom. The molecule has 0 aliphatic carbocycles. The number of aromatic nitrogens is 1. The summed E-state index contributed by atoms with van der Waals surface area (Å²) < 4.78 is 0. The summed E-state index contributed by atoms with van der Waals surface area (Å²) >= 11 is 0. The number of pyridine rings is 1. The van der Waals surface area contributed by atoms with E-state index in [9.17, 15) is 14.4 Å². The molecule has 1 aromatic heterocycles. The van der Waals surface area contributed by atoms with Gasteiger partial charge in [-0.05, 0) is 25.5 Å². The first kappa shape index (κ1) is 14.0. The molecule has 2 unspecified atom stereocenters. The summed E-state index contributed by atoms with van der Waals surface area (Å²) in [5.74, 6) is -1.81. The predicted octanol–water partition coefficient (Wildman–Crippen LogP) is 0.712. The zero-order valence-corrected chi connectivity index (χ0v) is 11.2. The number of carboxylic acid groups (broad SMARTS) is 1. The average molecular weight is 277 g/mol. The van der Waals surface area contributed by atoms with Crippen molar-refractivity contribution in [1.29, 1.82) is 0 Å². The highest BCUT2D eigenvalue weighted by Gasteiger charge is 2.53. The number of amides is 3. The normalized spacial score (nSPS) is 23.6. The minimum Gasteiger partial charge on any atom is -0.480 e. The molecule has 106 valence electrons. The minimum absolute atomic E-state index is 0.146. The molecule has 0 aromatic carbocycles. The number of carboxylic acids is 1. The van der Waals surface area contributed by atoms with E-state index in [4.69, 9.17) is 5.11 Å². The molecule has 3 amide bonds. The lowest BCUT2D eigenvalue weighted by Crippen LogP contribution is -2.46. The van der Waals surface area contributed by atoms with E-state index < -0.39 is 29.5 Å². The van der Waals surface area contributed by atoms with E-state index in [1.165, 1.54) is 13.1 Å². The molecule has 1 aliphatic rings. The van der Waals surface area contributed by atoms with Crippen LogP contribution in [0.5, 0.6) is 0 Å². The third-order valence-corrected chi connectivity index (χ3v) is 3.38. The molecule has 2 heterocycles. The number of aliphatic carboxylic acids is 1. The van der Waals surface area contributed by atoms with E-state index in [-0.39, 0.29) is 6.42 Å². The summed E-state index contributed by atoms with van der Waals surface area (Å²) in [7, 11) is 0. The Labute approximate surface area is 115 Å². The number of hydrogen-bond donors (Lipinski definition) is 2. The van der Waals surface area contributed by atoms with Gasteiger partial charge >= 0.3 is 12.0 Å². The number of urea groups is 1. The topological polar surface area (TPSA) is 99.6 Å². The summed E-state index contributed by atoms with van der Waals surface area (Å²) in [6, 6.07) is 3.12. The highest BCUT2D eigenvalue weighted by Crippen LogP contribution is 2.29. The number of carbonyl (C=O) groups excluding carboxylic acids is 2. The first-order chi connectivity index (χ1) is 9.41. The Bertz CT molecular complexity index is 560. The van der Waals surface area contributed by atoms with Crippen molar-refractivity contribution in [1.82, 2.24) is 15.2 Å². The van der Waals surface area contributed by atoms with Gasteiger partial charge in [0.15, 0.2) is 5.54 Å². The molecular weight excluding hydrogens is 262 g/mol. The lowest BCUT2D eigenvalue weighted by Gasteiger charge is -2.23. The van der Waals surface area contributed by atoms with E-state index in [1.807, 2.05) is 0 Å². The molecule has 1 aliphatic heterocycles. The monoisotopic (exact) mass is 277 g/mol. The van der Waals surface area contributed by atoms with Gasteiger partial charge in [0.25, 0.3) is 5.91 Å². The molecular formula is C13H15N3O4. The lowest BCUT2D eigenvalue weighted by atomic mass is 9.96. The van der Waals surface area contributed by atoms with Gasteiger partial charge in [0.05, 0.1) is 5.69 Å². The first-order valence-corrected chi connectivity index (χ1v) is 6.22. The number of hydrogen-bond acceptors (Lipinski definition) is 4. The van der Waals surface area contributed by atoms with Crippen LogP contribution >= 0.6 is 0 Å². The summed E-state index contributed by atoms with van der Waals surface area (Å²) in [4.78, 5) is 40.5. The van der Waals surface area contributed by atoms with Crippen molar-refractivity contribution in [3.8, 4) is 0 Å². The van der Waals surface area contributed by atoms with Gasteiger partial charge in [0.1, 0.15) is 6.04 Å². The quantitative estimate of drug-likeness (QED) is 0.790. The zero-order valence-electron chi connectivity index (χ0n) is 11.2. The zero-order chi connectivity index (χ0) is 14.9. The summed E-state index contributed by atoms with van der Waals surface area (Å²) in [6.45, 7) is 3.12. The summed E-state index contributed by atoms with van der Waals surface area (Å²) in [5, 5.41) is 11.6. The van der Waals surface area contributed by atoms with E-state index >= 15 is 0 Å². The average Bonchev–Trinajstić information content (AvgIpc) is 2.65. The number of rotatable bonds is 4. The fraction of sp³-hybridized carbons (Fsp3) is 0.385. The Morgan fingerprint density at radius 3 is 2.70 bits per heavy atom. The van der Waals surface area contributed by atoms with Crippen molar-refractivity contribution in [3.63, 3.8) is 0 Å². The van der Waals surface area contributed by atoms with E-state index in [2.05, 4.69) is 10.3 Å². The predicted molar refractivity (Wildman–Crippen MR) is 68.7 cm³/mol. The second-order valence-electron chi connectivity index (χ2n) is 4.71. The van der Waals surface area contributed by atoms with E-state index in [0.29, 0.717) is 5.69 Å². The molecule has 7 nitrogen and oxygen atoms in total. The van der Waals surface area contributed by atoms with Crippen molar-refractivity contribution in [3.05, 3.63) is 30.1 Å². The molecule has 2 atom stereocenters. The van der Waals surface area contributed by atoms with Crippen molar-refractivity contribution < 1.29 is 19.5 Å². The third-order valence-electron chi connectivity index (χ3n) is 3.38. The van der Waals surface area contributed by atoms with Crippen LogP contribution in [0.15, 0.2) is 24.4 Å². The fourth-order valence-electron chi connectivity index (χ4n) is 2.24. The van der Waals surface area contributed by atoms with Crippen molar-refractivity contribution in [2.45, 2.75) is 31.8 Å². The number of imide groups is 1. The minimum atomic E-state index is -1.33. The highest BCUT2D eigenvalue weighted by molar-refractivity contribution is 6.09.